The minimum Gasteiger partial charge on any atom is -0.481 e. The zero-order chi connectivity index (χ0) is 10.6. The van der Waals surface area contributed by atoms with Gasteiger partial charge in [0.25, 0.3) is 0 Å². The maximum atomic E-state index is 10.8. The minimum absolute atomic E-state index is 0.106. The summed E-state index contributed by atoms with van der Waals surface area (Å²) >= 11 is 0. The van der Waals surface area contributed by atoms with Crippen LogP contribution >= 0.6 is 0 Å². The molecule has 1 aliphatic carbocycles. The first kappa shape index (κ1) is 11.5. The van der Waals surface area contributed by atoms with Crippen LogP contribution in [0.25, 0.3) is 0 Å². The van der Waals surface area contributed by atoms with Gasteiger partial charge in [-0.2, -0.15) is 0 Å². The Kier molecular flexibility index (Phi) is 3.93. The lowest BCUT2D eigenvalue weighted by atomic mass is 9.67. The quantitative estimate of drug-likeness (QED) is 0.728. The van der Waals surface area contributed by atoms with Gasteiger partial charge in [0.2, 0.25) is 0 Å². The fourth-order valence-electron chi connectivity index (χ4n) is 2.67. The van der Waals surface area contributed by atoms with Gasteiger partial charge in [0.1, 0.15) is 0 Å². The topological polar surface area (TPSA) is 63.3 Å². The van der Waals surface area contributed by atoms with Crippen LogP contribution in [0.2, 0.25) is 0 Å². The van der Waals surface area contributed by atoms with Gasteiger partial charge in [-0.15, -0.1) is 0 Å². The Morgan fingerprint density at radius 3 is 2.86 bits per heavy atom. The highest BCUT2D eigenvalue weighted by Crippen LogP contribution is 2.42. The molecule has 1 aliphatic rings. The molecule has 1 fully saturated rings. The first-order valence-corrected chi connectivity index (χ1v) is 5.54. The van der Waals surface area contributed by atoms with E-state index in [4.69, 9.17) is 10.8 Å². The van der Waals surface area contributed by atoms with Crippen LogP contribution in [-0.4, -0.2) is 17.6 Å². The molecule has 0 bridgehead atoms. The predicted octanol–water partition coefficient (Wildman–Crippen LogP) is 2.01. The number of nitrogens with two attached hydrogens (primary N) is 1. The second kappa shape index (κ2) is 4.78. The van der Waals surface area contributed by atoms with E-state index in [1.807, 2.05) is 0 Å². The summed E-state index contributed by atoms with van der Waals surface area (Å²) in [5.41, 5.74) is 5.63. The summed E-state index contributed by atoms with van der Waals surface area (Å²) in [6.07, 6.45) is 5.79. The smallest absolute Gasteiger partial charge is 0.303 e. The van der Waals surface area contributed by atoms with Crippen LogP contribution in [0.15, 0.2) is 0 Å². The van der Waals surface area contributed by atoms with Crippen LogP contribution in [0.5, 0.6) is 0 Å². The highest BCUT2D eigenvalue weighted by molar-refractivity contribution is 5.67. The summed E-state index contributed by atoms with van der Waals surface area (Å²) in [6, 6.07) is 0. The zero-order valence-electron chi connectivity index (χ0n) is 8.96. The van der Waals surface area contributed by atoms with Crippen molar-refractivity contribution < 1.29 is 9.90 Å². The Balaban J connectivity index is 2.62. The first-order valence-electron chi connectivity index (χ1n) is 5.54. The molecule has 0 aliphatic heterocycles. The van der Waals surface area contributed by atoms with Gasteiger partial charge < -0.3 is 10.8 Å². The fourth-order valence-corrected chi connectivity index (χ4v) is 2.67. The van der Waals surface area contributed by atoms with Crippen molar-refractivity contribution in [3.63, 3.8) is 0 Å². The number of rotatable bonds is 4. The molecule has 1 rings (SSSR count). The second-order valence-electron chi connectivity index (χ2n) is 4.65. The fraction of sp³-hybridized carbons (Fsp3) is 0.909. The highest BCUT2D eigenvalue weighted by atomic mass is 16.4. The van der Waals surface area contributed by atoms with Gasteiger partial charge in [-0.3, -0.25) is 4.79 Å². The van der Waals surface area contributed by atoms with Gasteiger partial charge >= 0.3 is 5.97 Å². The van der Waals surface area contributed by atoms with Crippen LogP contribution in [0.4, 0.5) is 0 Å². The molecule has 1 saturated carbocycles. The van der Waals surface area contributed by atoms with Crippen LogP contribution in [0.3, 0.4) is 0 Å². The van der Waals surface area contributed by atoms with Crippen LogP contribution in [-0.2, 0) is 4.79 Å². The Labute approximate surface area is 85.7 Å². The number of carbonyl (C=O) groups is 1. The monoisotopic (exact) mass is 199 g/mol. The van der Waals surface area contributed by atoms with Crippen molar-refractivity contribution in [3.05, 3.63) is 0 Å². The molecular formula is C11H21NO2. The van der Waals surface area contributed by atoms with Gasteiger partial charge in [-0.05, 0) is 30.7 Å². The second-order valence-corrected chi connectivity index (χ2v) is 4.65. The van der Waals surface area contributed by atoms with Gasteiger partial charge in [-0.1, -0.05) is 26.2 Å². The van der Waals surface area contributed by atoms with E-state index in [1.165, 1.54) is 6.42 Å². The van der Waals surface area contributed by atoms with E-state index in [-0.39, 0.29) is 11.8 Å². The van der Waals surface area contributed by atoms with E-state index in [1.54, 1.807) is 0 Å². The van der Waals surface area contributed by atoms with E-state index >= 15 is 0 Å². The van der Waals surface area contributed by atoms with Crippen molar-refractivity contribution in [1.82, 2.24) is 0 Å². The van der Waals surface area contributed by atoms with E-state index in [2.05, 4.69) is 6.92 Å². The SMILES string of the molecule is CC[C@H]1CCC[C@](CN)(CC(=O)O)C1. The molecule has 0 amide bonds. The molecule has 0 radical (unpaired) electrons. The van der Waals surface area contributed by atoms with Gasteiger partial charge in [0, 0.05) is 0 Å². The van der Waals surface area contributed by atoms with Crippen LogP contribution < -0.4 is 5.73 Å². The van der Waals surface area contributed by atoms with Crippen LogP contribution in [0.1, 0.15) is 45.4 Å². The van der Waals surface area contributed by atoms with Gasteiger partial charge in [0.05, 0.1) is 6.42 Å². The molecular weight excluding hydrogens is 178 g/mol. The summed E-state index contributed by atoms with van der Waals surface area (Å²) < 4.78 is 0. The maximum absolute atomic E-state index is 10.8. The molecule has 3 heteroatoms. The summed E-state index contributed by atoms with van der Waals surface area (Å²) in [5, 5.41) is 8.87. The van der Waals surface area contributed by atoms with Crippen molar-refractivity contribution in [2.75, 3.05) is 6.54 Å². The van der Waals surface area contributed by atoms with Crippen molar-refractivity contribution in [3.8, 4) is 0 Å². The molecule has 2 atom stereocenters. The molecule has 3 N–H and O–H groups in total. The molecule has 0 aromatic heterocycles. The van der Waals surface area contributed by atoms with Crippen molar-refractivity contribution in [2.24, 2.45) is 17.1 Å². The minimum atomic E-state index is -0.702. The van der Waals surface area contributed by atoms with E-state index in [0.717, 1.165) is 25.7 Å². The zero-order valence-corrected chi connectivity index (χ0v) is 8.96. The van der Waals surface area contributed by atoms with Gasteiger partial charge in [0.15, 0.2) is 0 Å². The maximum Gasteiger partial charge on any atom is 0.303 e. The lowest BCUT2D eigenvalue weighted by molar-refractivity contribution is -0.140. The Bertz CT molecular complexity index is 205. The summed E-state index contributed by atoms with van der Waals surface area (Å²) in [5.74, 6) is -0.0150. The standard InChI is InChI=1S/C11H21NO2/c1-2-9-4-3-5-11(6-9,8-12)7-10(13)14/h9H,2-8,12H2,1H3,(H,13,14)/t9-,11+/m0/s1. The molecule has 0 saturated heterocycles. The van der Waals surface area contributed by atoms with Crippen LogP contribution in [0, 0.1) is 11.3 Å². The summed E-state index contributed by atoms with van der Waals surface area (Å²) in [6.45, 7) is 2.70. The first-order chi connectivity index (χ1) is 6.62. The molecule has 0 heterocycles. The average Bonchev–Trinajstić information content (AvgIpc) is 2.17. The summed E-state index contributed by atoms with van der Waals surface area (Å²) in [4.78, 5) is 10.8. The molecule has 82 valence electrons. The van der Waals surface area contributed by atoms with E-state index in [9.17, 15) is 4.79 Å². The third-order valence-corrected chi connectivity index (χ3v) is 3.58. The van der Waals surface area contributed by atoms with Crippen molar-refractivity contribution in [2.45, 2.75) is 45.4 Å². The third-order valence-electron chi connectivity index (χ3n) is 3.58. The molecule has 3 nitrogen and oxygen atoms in total. The van der Waals surface area contributed by atoms with E-state index < -0.39 is 5.97 Å². The number of carboxylic acid groups (broad SMARTS) is 1. The molecule has 0 aromatic carbocycles. The number of hydrogen-bond donors (Lipinski definition) is 2. The normalized spacial score (nSPS) is 32.9. The third kappa shape index (κ3) is 2.71. The van der Waals surface area contributed by atoms with E-state index in [0.29, 0.717) is 12.5 Å². The average molecular weight is 199 g/mol. The molecule has 0 spiro atoms. The lowest BCUT2D eigenvalue weighted by Crippen LogP contribution is -2.37. The van der Waals surface area contributed by atoms with Crippen molar-refractivity contribution in [1.29, 1.82) is 0 Å². The number of carboxylic acids is 1. The van der Waals surface area contributed by atoms with Gasteiger partial charge in [-0.25, -0.2) is 0 Å². The Morgan fingerprint density at radius 2 is 2.36 bits per heavy atom. The highest BCUT2D eigenvalue weighted by Gasteiger charge is 2.36. The predicted molar refractivity (Wildman–Crippen MR) is 56.0 cm³/mol. The Hall–Kier alpha value is -0.570. The molecule has 14 heavy (non-hydrogen) atoms. The summed E-state index contributed by atoms with van der Waals surface area (Å²) in [7, 11) is 0. The molecule has 0 aromatic rings. The lowest BCUT2D eigenvalue weighted by Gasteiger charge is -2.39. The largest absolute Gasteiger partial charge is 0.481 e. The number of aliphatic carboxylic acids is 1. The molecule has 0 unspecified atom stereocenters. The van der Waals surface area contributed by atoms with Crippen molar-refractivity contribution >= 4 is 5.97 Å². The number of hydrogen-bond acceptors (Lipinski definition) is 2. The Morgan fingerprint density at radius 1 is 1.64 bits per heavy atom.